The summed E-state index contributed by atoms with van der Waals surface area (Å²) in [5.74, 6) is 0.960. The van der Waals surface area contributed by atoms with Gasteiger partial charge < -0.3 is 19.7 Å². The minimum atomic E-state index is -0.565. The first kappa shape index (κ1) is 23.0. The fourth-order valence-electron chi connectivity index (χ4n) is 2.90. The molecule has 0 radical (unpaired) electrons. The van der Waals surface area contributed by atoms with E-state index < -0.39 is 6.04 Å². The molecule has 0 bridgehead atoms. The Labute approximate surface area is 185 Å². The molecule has 2 aromatic rings. The third-order valence-electron chi connectivity index (χ3n) is 4.42. The van der Waals surface area contributed by atoms with Crippen LogP contribution in [0.3, 0.4) is 0 Å². The summed E-state index contributed by atoms with van der Waals surface area (Å²) in [6.07, 6.45) is 0.511. The van der Waals surface area contributed by atoms with Crippen LogP contribution in [-0.4, -0.2) is 43.0 Å². The number of likely N-dealkylation sites (N-methyl/N-ethyl adjacent to an activating group) is 1. The second-order valence-electron chi connectivity index (χ2n) is 6.43. The van der Waals surface area contributed by atoms with Crippen LogP contribution < -0.4 is 14.8 Å². The first-order valence-electron chi connectivity index (χ1n) is 9.56. The molecule has 0 aromatic heterocycles. The van der Waals surface area contributed by atoms with Crippen molar-refractivity contribution < 1.29 is 19.1 Å². The van der Waals surface area contributed by atoms with Gasteiger partial charge in [-0.05, 0) is 77.9 Å². The lowest BCUT2D eigenvalue weighted by atomic mass is 10.1. The number of amides is 2. The first-order chi connectivity index (χ1) is 14.0. The lowest BCUT2D eigenvalue weighted by Crippen LogP contribution is -2.50. The van der Waals surface area contributed by atoms with Crippen molar-refractivity contribution in [2.24, 2.45) is 0 Å². The Kier molecular flexibility index (Phi) is 9.24. The maximum absolute atomic E-state index is 13.0. The highest BCUT2D eigenvalue weighted by Crippen LogP contribution is 2.17. The van der Waals surface area contributed by atoms with E-state index in [4.69, 9.17) is 9.47 Å². The molecule has 156 valence electrons. The molecule has 0 aliphatic rings. The van der Waals surface area contributed by atoms with E-state index in [0.29, 0.717) is 25.3 Å². The molecule has 0 heterocycles. The van der Waals surface area contributed by atoms with Crippen LogP contribution in [0.15, 0.2) is 48.5 Å². The Bertz CT molecular complexity index is 793. The van der Waals surface area contributed by atoms with E-state index >= 15 is 0 Å². The normalized spacial score (nSPS) is 11.4. The van der Waals surface area contributed by atoms with Crippen molar-refractivity contribution in [2.45, 2.75) is 32.9 Å². The Balaban J connectivity index is 2.17. The molecule has 0 fully saturated rings. The number of methoxy groups -OCH3 is 1. The zero-order valence-corrected chi connectivity index (χ0v) is 19.1. The Hall–Kier alpha value is -2.29. The molecule has 1 N–H and O–H groups in total. The number of nitrogens with zero attached hydrogens (tertiary/aromatic N) is 1. The lowest BCUT2D eigenvalue weighted by molar-refractivity contribution is -0.142. The second kappa shape index (κ2) is 11.6. The van der Waals surface area contributed by atoms with Crippen LogP contribution in [0.1, 0.15) is 25.8 Å². The van der Waals surface area contributed by atoms with Crippen LogP contribution in [0, 0.1) is 3.57 Å². The SMILES string of the molecule is CCNC(=O)[C@@H](CC)N(Cc1ccc(OC)cc1)C(=O)COc1ccc(I)cc1. The van der Waals surface area contributed by atoms with Crippen molar-refractivity contribution in [1.29, 1.82) is 0 Å². The smallest absolute Gasteiger partial charge is 0.261 e. The molecule has 7 heteroatoms. The number of benzene rings is 2. The van der Waals surface area contributed by atoms with Gasteiger partial charge in [-0.25, -0.2) is 0 Å². The zero-order chi connectivity index (χ0) is 21.2. The molecule has 2 rings (SSSR count). The Morgan fingerprint density at radius 1 is 1.03 bits per heavy atom. The van der Waals surface area contributed by atoms with Gasteiger partial charge in [-0.15, -0.1) is 0 Å². The van der Waals surface area contributed by atoms with E-state index in [1.165, 1.54) is 0 Å². The van der Waals surface area contributed by atoms with Gasteiger partial charge in [0.2, 0.25) is 5.91 Å². The lowest BCUT2D eigenvalue weighted by Gasteiger charge is -2.30. The van der Waals surface area contributed by atoms with E-state index in [9.17, 15) is 9.59 Å². The molecule has 0 saturated carbocycles. The fraction of sp³-hybridized carbons (Fsp3) is 0.364. The van der Waals surface area contributed by atoms with Gasteiger partial charge in [0.05, 0.1) is 7.11 Å². The standard InChI is InChI=1S/C22H27IN2O4/c1-4-20(22(27)24-5-2)25(14-16-6-10-18(28-3)11-7-16)21(26)15-29-19-12-8-17(23)9-13-19/h6-13,20H,4-5,14-15H2,1-3H3,(H,24,27)/t20-/m1/s1. The van der Waals surface area contributed by atoms with Crippen molar-refractivity contribution in [3.8, 4) is 11.5 Å². The van der Waals surface area contributed by atoms with Crippen LogP contribution in [-0.2, 0) is 16.1 Å². The number of carbonyl (C=O) groups excluding carboxylic acids is 2. The van der Waals surface area contributed by atoms with Crippen LogP contribution >= 0.6 is 22.6 Å². The van der Waals surface area contributed by atoms with E-state index in [1.54, 1.807) is 12.0 Å². The Morgan fingerprint density at radius 3 is 2.21 bits per heavy atom. The van der Waals surface area contributed by atoms with Gasteiger partial charge >= 0.3 is 0 Å². The molecule has 0 aliphatic carbocycles. The van der Waals surface area contributed by atoms with E-state index in [1.807, 2.05) is 62.4 Å². The third-order valence-corrected chi connectivity index (χ3v) is 5.14. The molecule has 0 saturated heterocycles. The molecule has 1 atom stereocenters. The van der Waals surface area contributed by atoms with Crippen molar-refractivity contribution in [3.05, 3.63) is 57.7 Å². The summed E-state index contributed by atoms with van der Waals surface area (Å²) < 4.78 is 11.9. The summed E-state index contributed by atoms with van der Waals surface area (Å²) in [6, 6.07) is 14.4. The van der Waals surface area contributed by atoms with Crippen LogP contribution in [0.2, 0.25) is 0 Å². The average Bonchev–Trinajstić information content (AvgIpc) is 2.73. The minimum Gasteiger partial charge on any atom is -0.497 e. The summed E-state index contributed by atoms with van der Waals surface area (Å²) in [5.41, 5.74) is 0.913. The fourth-order valence-corrected chi connectivity index (χ4v) is 3.26. The highest BCUT2D eigenvalue weighted by Gasteiger charge is 2.28. The first-order valence-corrected chi connectivity index (χ1v) is 10.6. The number of ether oxygens (including phenoxy) is 2. The van der Waals surface area contributed by atoms with Crippen molar-refractivity contribution in [3.63, 3.8) is 0 Å². The predicted octanol–water partition coefficient (Wildman–Crippen LogP) is 3.62. The van der Waals surface area contributed by atoms with E-state index in [-0.39, 0.29) is 18.4 Å². The van der Waals surface area contributed by atoms with Gasteiger partial charge in [-0.1, -0.05) is 19.1 Å². The molecule has 6 nitrogen and oxygen atoms in total. The number of hydrogen-bond donors (Lipinski definition) is 1. The monoisotopic (exact) mass is 510 g/mol. The number of halogens is 1. The molecule has 2 aromatic carbocycles. The number of hydrogen-bond acceptors (Lipinski definition) is 4. The third kappa shape index (κ3) is 6.92. The van der Waals surface area contributed by atoms with Gasteiger partial charge in [0.1, 0.15) is 17.5 Å². The minimum absolute atomic E-state index is 0.132. The molecule has 0 spiro atoms. The molecule has 29 heavy (non-hydrogen) atoms. The van der Waals surface area contributed by atoms with Crippen molar-refractivity contribution in [1.82, 2.24) is 10.2 Å². The largest absolute Gasteiger partial charge is 0.497 e. The highest BCUT2D eigenvalue weighted by molar-refractivity contribution is 14.1. The van der Waals surface area contributed by atoms with Gasteiger partial charge in [-0.2, -0.15) is 0 Å². The van der Waals surface area contributed by atoms with Crippen LogP contribution in [0.4, 0.5) is 0 Å². The second-order valence-corrected chi connectivity index (χ2v) is 7.68. The van der Waals surface area contributed by atoms with Crippen LogP contribution in [0.25, 0.3) is 0 Å². The molecular formula is C22H27IN2O4. The number of rotatable bonds is 10. The summed E-state index contributed by atoms with van der Waals surface area (Å²) in [6.45, 7) is 4.45. The van der Waals surface area contributed by atoms with Gasteiger partial charge in [-0.3, -0.25) is 9.59 Å². The summed E-state index contributed by atoms with van der Waals surface area (Å²) >= 11 is 2.21. The molecule has 0 aliphatic heterocycles. The topological polar surface area (TPSA) is 67.9 Å². The van der Waals surface area contributed by atoms with Gasteiger partial charge in [0.25, 0.3) is 5.91 Å². The zero-order valence-electron chi connectivity index (χ0n) is 17.0. The maximum Gasteiger partial charge on any atom is 0.261 e. The maximum atomic E-state index is 13.0. The molecule has 2 amide bonds. The van der Waals surface area contributed by atoms with E-state index in [2.05, 4.69) is 27.9 Å². The Morgan fingerprint density at radius 2 is 1.66 bits per heavy atom. The summed E-state index contributed by atoms with van der Waals surface area (Å²) in [4.78, 5) is 27.2. The number of nitrogens with one attached hydrogen (secondary N) is 1. The van der Waals surface area contributed by atoms with E-state index in [0.717, 1.165) is 14.9 Å². The quantitative estimate of drug-likeness (QED) is 0.496. The van der Waals surface area contributed by atoms with Crippen LogP contribution in [0.5, 0.6) is 11.5 Å². The van der Waals surface area contributed by atoms with Gasteiger partial charge in [0, 0.05) is 16.7 Å². The summed E-state index contributed by atoms with van der Waals surface area (Å²) in [5, 5.41) is 2.82. The highest BCUT2D eigenvalue weighted by atomic mass is 127. The number of carbonyl (C=O) groups is 2. The molecular weight excluding hydrogens is 483 g/mol. The average molecular weight is 510 g/mol. The van der Waals surface area contributed by atoms with Crippen molar-refractivity contribution >= 4 is 34.4 Å². The molecule has 0 unspecified atom stereocenters. The predicted molar refractivity (Wildman–Crippen MR) is 121 cm³/mol. The van der Waals surface area contributed by atoms with Crippen molar-refractivity contribution in [2.75, 3.05) is 20.3 Å². The van der Waals surface area contributed by atoms with Gasteiger partial charge in [0.15, 0.2) is 6.61 Å². The summed E-state index contributed by atoms with van der Waals surface area (Å²) in [7, 11) is 1.61.